The third kappa shape index (κ3) is 3.37. The average Bonchev–Trinajstić information content (AvgIpc) is 2.45. The van der Waals surface area contributed by atoms with Crippen LogP contribution in [-0.2, 0) is 32.0 Å². The lowest BCUT2D eigenvalue weighted by atomic mass is 9.76. The van der Waals surface area contributed by atoms with Gasteiger partial charge >= 0.3 is 23.9 Å². The van der Waals surface area contributed by atoms with Crippen LogP contribution < -0.4 is 0 Å². The third-order valence-electron chi connectivity index (χ3n) is 4.33. The Balaban J connectivity index is 2.29. The Hall–Kier alpha value is -2.90. The summed E-state index contributed by atoms with van der Waals surface area (Å²) >= 11 is 0. The molecule has 24 heavy (non-hydrogen) atoms. The molecule has 4 N–H and O–H groups in total. The van der Waals surface area contributed by atoms with Crippen LogP contribution in [0.25, 0.3) is 0 Å². The van der Waals surface area contributed by atoms with E-state index in [9.17, 15) is 19.2 Å². The molecule has 0 amide bonds. The molecule has 0 heterocycles. The van der Waals surface area contributed by atoms with Gasteiger partial charge in [0.1, 0.15) is 0 Å². The summed E-state index contributed by atoms with van der Waals surface area (Å²) in [6.45, 7) is 0. The van der Waals surface area contributed by atoms with E-state index in [2.05, 4.69) is 0 Å². The number of hydrogen-bond acceptors (Lipinski definition) is 4. The van der Waals surface area contributed by atoms with E-state index >= 15 is 0 Å². The molecule has 0 fully saturated rings. The monoisotopic (exact) mass is 336 g/mol. The van der Waals surface area contributed by atoms with Gasteiger partial charge in [-0.25, -0.2) is 0 Å². The van der Waals surface area contributed by atoms with Crippen molar-refractivity contribution in [1.82, 2.24) is 0 Å². The van der Waals surface area contributed by atoms with E-state index in [1.54, 1.807) is 6.07 Å². The number of carboxylic acid groups (broad SMARTS) is 4. The number of carboxylic acids is 4. The molecule has 0 aromatic heterocycles. The van der Waals surface area contributed by atoms with E-state index in [1.807, 2.05) is 0 Å². The van der Waals surface area contributed by atoms with Gasteiger partial charge in [0.25, 0.3) is 0 Å². The van der Waals surface area contributed by atoms with Gasteiger partial charge in [0, 0.05) is 0 Å². The van der Waals surface area contributed by atoms with E-state index < -0.39 is 41.6 Å². The zero-order valence-electron chi connectivity index (χ0n) is 12.5. The molecule has 0 spiro atoms. The van der Waals surface area contributed by atoms with Crippen molar-refractivity contribution >= 4 is 23.9 Å². The van der Waals surface area contributed by atoms with Gasteiger partial charge in [0.15, 0.2) is 11.8 Å². The summed E-state index contributed by atoms with van der Waals surface area (Å²) in [5.74, 6) is -9.43. The van der Waals surface area contributed by atoms with Crippen molar-refractivity contribution in [2.24, 2.45) is 11.8 Å². The molecule has 0 radical (unpaired) electrons. The zero-order chi connectivity index (χ0) is 18.0. The first-order valence-electron chi connectivity index (χ1n) is 7.25. The van der Waals surface area contributed by atoms with Gasteiger partial charge in [0.2, 0.25) is 0 Å². The summed E-state index contributed by atoms with van der Waals surface area (Å²) in [6, 6.07) is 4.43. The van der Waals surface area contributed by atoms with Gasteiger partial charge in [-0.3, -0.25) is 19.2 Å². The largest absolute Gasteiger partial charge is 0.481 e. The molecule has 1 atom stereocenters. The first-order chi connectivity index (χ1) is 11.2. The summed E-state index contributed by atoms with van der Waals surface area (Å²) in [5, 5.41) is 36.2. The van der Waals surface area contributed by atoms with Crippen molar-refractivity contribution in [3.63, 3.8) is 0 Å². The molecule has 2 rings (SSSR count). The first kappa shape index (κ1) is 17.5. The molecule has 1 unspecified atom stereocenters. The molecule has 0 saturated carbocycles. The van der Waals surface area contributed by atoms with E-state index in [4.69, 9.17) is 20.4 Å². The van der Waals surface area contributed by atoms with Crippen molar-refractivity contribution < 1.29 is 39.6 Å². The molecule has 1 aliphatic rings. The predicted molar refractivity (Wildman–Crippen MR) is 78.7 cm³/mol. The molecule has 8 nitrogen and oxygen atoms in total. The Labute approximate surface area is 136 Å². The molecule has 0 aliphatic heterocycles. The second kappa shape index (κ2) is 6.69. The number of aliphatic carboxylic acids is 4. The van der Waals surface area contributed by atoms with E-state index in [0.29, 0.717) is 12.8 Å². The molecule has 0 bridgehead atoms. The summed E-state index contributed by atoms with van der Waals surface area (Å²) in [7, 11) is 0. The van der Waals surface area contributed by atoms with Crippen LogP contribution in [0.2, 0.25) is 0 Å². The number of fused-ring (bicyclic) bond motifs is 1. The van der Waals surface area contributed by atoms with Crippen molar-refractivity contribution in [1.29, 1.82) is 0 Å². The molecular weight excluding hydrogens is 320 g/mol. The van der Waals surface area contributed by atoms with Crippen LogP contribution in [0.15, 0.2) is 18.2 Å². The second-order valence-electron chi connectivity index (χ2n) is 5.79. The smallest absolute Gasteiger partial charge is 0.322 e. The number of rotatable bonds is 6. The van der Waals surface area contributed by atoms with Crippen LogP contribution >= 0.6 is 0 Å². The minimum atomic E-state index is -1.67. The lowest BCUT2D eigenvalue weighted by Crippen LogP contribution is -2.34. The van der Waals surface area contributed by atoms with Gasteiger partial charge in [-0.05, 0) is 41.9 Å². The first-order valence-corrected chi connectivity index (χ1v) is 7.25. The fourth-order valence-electron chi connectivity index (χ4n) is 3.17. The van der Waals surface area contributed by atoms with Gasteiger partial charge in [-0.15, -0.1) is 0 Å². The highest BCUT2D eigenvalue weighted by atomic mass is 16.4. The van der Waals surface area contributed by atoms with Crippen LogP contribution in [0.1, 0.15) is 29.0 Å². The quantitative estimate of drug-likeness (QED) is 0.558. The minimum Gasteiger partial charge on any atom is -0.481 e. The van der Waals surface area contributed by atoms with Gasteiger partial charge in [-0.2, -0.15) is 0 Å². The Morgan fingerprint density at radius 1 is 0.875 bits per heavy atom. The average molecular weight is 336 g/mol. The van der Waals surface area contributed by atoms with E-state index in [1.165, 1.54) is 12.1 Å². The summed E-state index contributed by atoms with van der Waals surface area (Å²) in [4.78, 5) is 44.4. The number of benzene rings is 1. The van der Waals surface area contributed by atoms with Gasteiger partial charge in [0.05, 0.1) is 0 Å². The Kier molecular flexibility index (Phi) is 4.87. The predicted octanol–water partition coefficient (Wildman–Crippen LogP) is 0.830. The molecule has 1 aromatic carbocycles. The molecule has 8 heteroatoms. The lowest BCUT2D eigenvalue weighted by Gasteiger charge is -2.27. The summed E-state index contributed by atoms with van der Waals surface area (Å²) in [5.41, 5.74) is 1.59. The normalized spacial score (nSPS) is 16.7. The Morgan fingerprint density at radius 2 is 1.46 bits per heavy atom. The molecule has 1 aromatic rings. The summed E-state index contributed by atoms with van der Waals surface area (Å²) < 4.78 is 0. The zero-order valence-corrected chi connectivity index (χ0v) is 12.5. The van der Waals surface area contributed by atoms with Crippen molar-refractivity contribution in [2.45, 2.75) is 25.2 Å². The van der Waals surface area contributed by atoms with Crippen LogP contribution in [-0.4, -0.2) is 44.3 Å². The van der Waals surface area contributed by atoms with Crippen LogP contribution in [0.4, 0.5) is 0 Å². The fourth-order valence-corrected chi connectivity index (χ4v) is 3.17. The number of hydrogen-bond donors (Lipinski definition) is 4. The third-order valence-corrected chi connectivity index (χ3v) is 4.33. The topological polar surface area (TPSA) is 149 Å². The molecule has 1 aliphatic carbocycles. The van der Waals surface area contributed by atoms with Crippen LogP contribution in [0, 0.1) is 11.8 Å². The second-order valence-corrected chi connectivity index (χ2v) is 5.79. The standard InChI is InChI=1S/C16H16O8/c17-13(18)11(14(19)20)9-3-1-7-5-10(4-2-8(7)6-9)12(15(21)22)16(23)24/h1,3,6,10-12H,2,4-5H2,(H,17,18)(H,19,20)(H,21,22)(H,23,24). The Morgan fingerprint density at radius 3 is 1.96 bits per heavy atom. The minimum absolute atomic E-state index is 0.139. The fraction of sp³-hybridized carbons (Fsp3) is 0.375. The molecule has 128 valence electrons. The van der Waals surface area contributed by atoms with Crippen LogP contribution in [0.3, 0.4) is 0 Å². The van der Waals surface area contributed by atoms with Crippen molar-refractivity contribution in [2.75, 3.05) is 0 Å². The van der Waals surface area contributed by atoms with Crippen LogP contribution in [0.5, 0.6) is 0 Å². The Bertz CT molecular complexity index is 680. The number of aryl methyl sites for hydroxylation is 1. The van der Waals surface area contributed by atoms with E-state index in [0.717, 1.165) is 11.1 Å². The maximum atomic E-state index is 11.1. The highest BCUT2D eigenvalue weighted by Crippen LogP contribution is 2.32. The van der Waals surface area contributed by atoms with Crippen molar-refractivity contribution in [3.8, 4) is 0 Å². The number of carbonyl (C=O) groups is 4. The van der Waals surface area contributed by atoms with E-state index in [-0.39, 0.29) is 12.0 Å². The van der Waals surface area contributed by atoms with Gasteiger partial charge in [-0.1, -0.05) is 18.2 Å². The maximum absolute atomic E-state index is 11.1. The van der Waals surface area contributed by atoms with Gasteiger partial charge < -0.3 is 20.4 Å². The summed E-state index contributed by atoms with van der Waals surface area (Å²) in [6.07, 6.45) is 0.936. The molecular formula is C16H16O8. The maximum Gasteiger partial charge on any atom is 0.322 e. The lowest BCUT2D eigenvalue weighted by molar-refractivity contribution is -0.158. The highest BCUT2D eigenvalue weighted by Gasteiger charge is 2.37. The van der Waals surface area contributed by atoms with Crippen molar-refractivity contribution in [3.05, 3.63) is 34.9 Å². The highest BCUT2D eigenvalue weighted by molar-refractivity contribution is 5.99. The molecule has 0 saturated heterocycles. The SMILES string of the molecule is O=C(O)C(C(=O)O)c1ccc2c(c1)CCC(C(C(=O)O)C(=O)O)C2.